The molecule has 0 aliphatic rings. The number of hydrogen-bond acceptors (Lipinski definition) is 1. The van der Waals surface area contributed by atoms with Gasteiger partial charge in [-0.05, 0) is 34.1 Å². The quantitative estimate of drug-likeness (QED) is 0.802. The molecule has 0 heterocycles. The molecule has 12 heavy (non-hydrogen) atoms. The monoisotopic (exact) mass is 245 g/mol. The van der Waals surface area contributed by atoms with Gasteiger partial charge in [0.1, 0.15) is 0 Å². The van der Waals surface area contributed by atoms with Crippen LogP contribution in [0.2, 0.25) is 5.02 Å². The van der Waals surface area contributed by atoms with E-state index in [1.807, 2.05) is 24.3 Å². The third-order valence-corrected chi connectivity index (χ3v) is 2.58. The van der Waals surface area contributed by atoms with Gasteiger partial charge in [-0.15, -0.1) is 6.58 Å². The van der Waals surface area contributed by atoms with Crippen LogP contribution in [0.15, 0.2) is 35.3 Å². The summed E-state index contributed by atoms with van der Waals surface area (Å²) < 4.78 is 0.901. The van der Waals surface area contributed by atoms with E-state index in [-0.39, 0.29) is 0 Å². The van der Waals surface area contributed by atoms with E-state index < -0.39 is 0 Å². The van der Waals surface area contributed by atoms with Crippen molar-refractivity contribution in [3.05, 3.63) is 40.3 Å². The minimum Gasteiger partial charge on any atom is -0.382 e. The third kappa shape index (κ3) is 2.54. The lowest BCUT2D eigenvalue weighted by Crippen LogP contribution is -1.96. The Balaban J connectivity index is 2.75. The predicted molar refractivity (Wildman–Crippen MR) is 57.8 cm³/mol. The molecule has 64 valence electrons. The van der Waals surface area contributed by atoms with E-state index in [0.717, 1.165) is 21.7 Å². The van der Waals surface area contributed by atoms with E-state index in [4.69, 9.17) is 11.6 Å². The number of nitrogens with one attached hydrogen (secondary N) is 1. The number of halogens is 2. The molecule has 0 saturated heterocycles. The van der Waals surface area contributed by atoms with Crippen LogP contribution in [-0.2, 0) is 0 Å². The molecule has 1 rings (SSSR count). The van der Waals surface area contributed by atoms with Gasteiger partial charge < -0.3 is 5.32 Å². The van der Waals surface area contributed by atoms with Crippen LogP contribution in [0.5, 0.6) is 0 Å². The summed E-state index contributed by atoms with van der Waals surface area (Å²) in [6, 6.07) is 5.71. The Morgan fingerprint density at radius 2 is 2.33 bits per heavy atom. The number of anilines is 1. The molecule has 0 amide bonds. The molecule has 1 aromatic carbocycles. The van der Waals surface area contributed by atoms with Crippen molar-refractivity contribution in [3.8, 4) is 0 Å². The molecule has 0 aliphatic heterocycles. The summed E-state index contributed by atoms with van der Waals surface area (Å²) in [5.41, 5.74) is 1.03. The average molecular weight is 247 g/mol. The molecule has 0 spiro atoms. The highest BCUT2D eigenvalue weighted by Crippen LogP contribution is 2.25. The first kappa shape index (κ1) is 9.62. The van der Waals surface area contributed by atoms with Crippen molar-refractivity contribution in [3.63, 3.8) is 0 Å². The fraction of sp³-hybridized carbons (Fsp3) is 0.111. The molecular formula is C9H9BrClN. The maximum absolute atomic E-state index is 5.82. The van der Waals surface area contributed by atoms with Crippen LogP contribution in [0, 0.1) is 0 Å². The molecule has 0 aliphatic carbocycles. The predicted octanol–water partition coefficient (Wildman–Crippen LogP) is 3.70. The van der Waals surface area contributed by atoms with Gasteiger partial charge in [0.05, 0.1) is 5.02 Å². The molecule has 1 nitrogen and oxygen atoms in total. The molecule has 0 bridgehead atoms. The largest absolute Gasteiger partial charge is 0.382 e. The van der Waals surface area contributed by atoms with Crippen molar-refractivity contribution in [2.45, 2.75) is 0 Å². The van der Waals surface area contributed by atoms with E-state index in [1.54, 1.807) is 0 Å². The van der Waals surface area contributed by atoms with Gasteiger partial charge in [0.2, 0.25) is 0 Å². The summed E-state index contributed by atoms with van der Waals surface area (Å²) in [7, 11) is 0. The maximum atomic E-state index is 5.82. The number of hydrogen-bond donors (Lipinski definition) is 1. The van der Waals surface area contributed by atoms with Crippen LogP contribution in [0.1, 0.15) is 0 Å². The number of rotatable bonds is 3. The highest BCUT2D eigenvalue weighted by atomic mass is 79.9. The van der Waals surface area contributed by atoms with E-state index in [9.17, 15) is 0 Å². The molecule has 3 heteroatoms. The second-order valence-corrected chi connectivity index (χ2v) is 3.56. The van der Waals surface area contributed by atoms with Crippen LogP contribution >= 0.6 is 27.5 Å². The summed E-state index contributed by atoms with van der Waals surface area (Å²) in [4.78, 5) is 0. The summed E-state index contributed by atoms with van der Waals surface area (Å²) in [5, 5.41) is 3.88. The fourth-order valence-corrected chi connectivity index (χ4v) is 1.29. The lowest BCUT2D eigenvalue weighted by molar-refractivity contribution is 1.34. The highest BCUT2D eigenvalue weighted by molar-refractivity contribution is 9.10. The van der Waals surface area contributed by atoms with Gasteiger partial charge >= 0.3 is 0 Å². The average Bonchev–Trinajstić information content (AvgIpc) is 2.07. The Kier molecular flexibility index (Phi) is 3.63. The lowest BCUT2D eigenvalue weighted by Gasteiger charge is -2.03. The Labute approximate surface area is 85.6 Å². The Morgan fingerprint density at radius 1 is 1.58 bits per heavy atom. The fourth-order valence-electron chi connectivity index (χ4n) is 0.796. The third-order valence-electron chi connectivity index (χ3n) is 1.37. The van der Waals surface area contributed by atoms with Gasteiger partial charge in [0.25, 0.3) is 0 Å². The highest BCUT2D eigenvalue weighted by Gasteiger charge is 1.96. The van der Waals surface area contributed by atoms with Crippen molar-refractivity contribution in [1.29, 1.82) is 0 Å². The SMILES string of the molecule is C=CCNc1ccc(Cl)c(Br)c1. The first-order chi connectivity index (χ1) is 5.74. The first-order valence-corrected chi connectivity index (χ1v) is 4.71. The van der Waals surface area contributed by atoms with Gasteiger partial charge in [-0.3, -0.25) is 0 Å². The lowest BCUT2D eigenvalue weighted by atomic mass is 10.3. The Hall–Kier alpha value is -0.470. The van der Waals surface area contributed by atoms with E-state index in [2.05, 4.69) is 27.8 Å². The molecule has 1 N–H and O–H groups in total. The second kappa shape index (κ2) is 4.53. The van der Waals surface area contributed by atoms with Gasteiger partial charge in [-0.1, -0.05) is 17.7 Å². The van der Waals surface area contributed by atoms with Gasteiger partial charge in [0, 0.05) is 16.7 Å². The zero-order valence-electron chi connectivity index (χ0n) is 6.48. The summed E-state index contributed by atoms with van der Waals surface area (Å²) in [6.07, 6.45) is 1.81. The molecule has 1 aromatic rings. The molecule has 0 aromatic heterocycles. The molecule has 0 radical (unpaired) electrons. The van der Waals surface area contributed by atoms with Crippen molar-refractivity contribution in [2.75, 3.05) is 11.9 Å². The topological polar surface area (TPSA) is 12.0 Å². The summed E-state index contributed by atoms with van der Waals surface area (Å²) >= 11 is 9.16. The standard InChI is InChI=1S/C9H9BrClN/c1-2-5-12-7-3-4-9(11)8(10)6-7/h2-4,6,12H,1,5H2. The van der Waals surface area contributed by atoms with E-state index in [1.165, 1.54) is 0 Å². The van der Waals surface area contributed by atoms with Gasteiger partial charge in [-0.25, -0.2) is 0 Å². The molecule has 0 atom stereocenters. The van der Waals surface area contributed by atoms with Gasteiger partial charge in [-0.2, -0.15) is 0 Å². The molecule has 0 fully saturated rings. The zero-order chi connectivity index (χ0) is 8.97. The molecule has 0 saturated carbocycles. The Bertz CT molecular complexity index is 286. The maximum Gasteiger partial charge on any atom is 0.0549 e. The van der Waals surface area contributed by atoms with Crippen molar-refractivity contribution < 1.29 is 0 Å². The van der Waals surface area contributed by atoms with Crippen molar-refractivity contribution in [2.24, 2.45) is 0 Å². The summed E-state index contributed by atoms with van der Waals surface area (Å²) in [6.45, 7) is 4.37. The molecular weight excluding hydrogens is 237 g/mol. The normalized spacial score (nSPS) is 9.50. The second-order valence-electron chi connectivity index (χ2n) is 2.30. The van der Waals surface area contributed by atoms with E-state index >= 15 is 0 Å². The van der Waals surface area contributed by atoms with Crippen LogP contribution < -0.4 is 5.32 Å². The smallest absolute Gasteiger partial charge is 0.0549 e. The summed E-state index contributed by atoms with van der Waals surface area (Å²) in [5.74, 6) is 0. The number of benzene rings is 1. The Morgan fingerprint density at radius 3 is 2.92 bits per heavy atom. The van der Waals surface area contributed by atoms with Crippen LogP contribution in [0.25, 0.3) is 0 Å². The van der Waals surface area contributed by atoms with Crippen LogP contribution in [0.4, 0.5) is 5.69 Å². The minimum absolute atomic E-state index is 0.721. The first-order valence-electron chi connectivity index (χ1n) is 3.54. The van der Waals surface area contributed by atoms with Crippen molar-refractivity contribution in [1.82, 2.24) is 0 Å². The van der Waals surface area contributed by atoms with Crippen LogP contribution in [0.3, 0.4) is 0 Å². The van der Waals surface area contributed by atoms with Gasteiger partial charge in [0.15, 0.2) is 0 Å². The van der Waals surface area contributed by atoms with E-state index in [0.29, 0.717) is 0 Å². The minimum atomic E-state index is 0.721. The zero-order valence-corrected chi connectivity index (χ0v) is 8.82. The molecule has 0 unspecified atom stereocenters. The van der Waals surface area contributed by atoms with Crippen molar-refractivity contribution >= 4 is 33.2 Å². The van der Waals surface area contributed by atoms with Crippen LogP contribution in [-0.4, -0.2) is 6.54 Å².